The summed E-state index contributed by atoms with van der Waals surface area (Å²) in [5, 5.41) is 5.09. The van der Waals surface area contributed by atoms with E-state index in [-0.39, 0.29) is 0 Å². The molecule has 0 aliphatic carbocycles. The van der Waals surface area contributed by atoms with E-state index in [2.05, 4.69) is 23.3 Å². The van der Waals surface area contributed by atoms with Crippen LogP contribution >= 0.6 is 35.0 Å². The van der Waals surface area contributed by atoms with Crippen molar-refractivity contribution in [1.82, 2.24) is 10.2 Å². The van der Waals surface area contributed by atoms with Gasteiger partial charge in [0.1, 0.15) is 0 Å². The predicted octanol–water partition coefficient (Wildman–Crippen LogP) is 4.73. The third-order valence-electron chi connectivity index (χ3n) is 3.25. The molecule has 0 saturated carbocycles. The van der Waals surface area contributed by atoms with Crippen LogP contribution in [0.3, 0.4) is 0 Å². The maximum absolute atomic E-state index is 6.30. The van der Waals surface area contributed by atoms with Crippen molar-refractivity contribution in [2.75, 3.05) is 12.4 Å². The smallest absolute Gasteiger partial charge is 0.0878 e. The number of nitrogens with zero attached hydrogens (tertiary/aromatic N) is 1. The highest BCUT2D eigenvalue weighted by Gasteiger charge is 2.19. The normalized spacial score (nSPS) is 15.4. The lowest BCUT2D eigenvalue weighted by atomic mass is 10.1. The summed E-state index contributed by atoms with van der Waals surface area (Å²) in [5.41, 5.74) is 1.16. The number of hydrogen-bond donors (Lipinski definition) is 1. The number of rotatable bonds is 7. The number of hydrogen-bond acceptors (Lipinski definition) is 3. The molecular weight excluding hydrogens is 311 g/mol. The Kier molecular flexibility index (Phi) is 6.40. The minimum absolute atomic E-state index is 0.409. The zero-order valence-electron chi connectivity index (χ0n) is 11.6. The molecule has 1 unspecified atom stereocenters. The Morgan fingerprint density at radius 2 is 2.25 bits per heavy atom. The van der Waals surface area contributed by atoms with Crippen LogP contribution in [-0.4, -0.2) is 22.7 Å². The molecule has 0 saturated heterocycles. The molecular formula is C15H20Cl2N2S. The lowest BCUT2D eigenvalue weighted by Crippen LogP contribution is -2.32. The Balaban J connectivity index is 2.03. The molecule has 5 heteroatoms. The van der Waals surface area contributed by atoms with Crippen molar-refractivity contribution in [3.05, 3.63) is 46.2 Å². The van der Waals surface area contributed by atoms with Crippen LogP contribution in [-0.2, 0) is 6.42 Å². The fraction of sp³-hybridized carbons (Fsp3) is 0.467. The lowest BCUT2D eigenvalue weighted by Gasteiger charge is -2.27. The number of nitrogens with one attached hydrogen (secondary N) is 1. The van der Waals surface area contributed by atoms with Crippen molar-refractivity contribution in [1.29, 1.82) is 0 Å². The van der Waals surface area contributed by atoms with E-state index in [1.54, 1.807) is 0 Å². The standard InChI is InChI=1S/C15H20Cl2N2S/c1-2-3-8-20-15(19-7-6-18-11-19)9-12-4-5-13(16)10-14(12)17/h4-7,10,15,18H,2-3,8-9,11H2,1H3. The van der Waals surface area contributed by atoms with Crippen LogP contribution in [0.4, 0.5) is 0 Å². The molecule has 2 rings (SSSR count). The minimum Gasteiger partial charge on any atom is -0.373 e. The van der Waals surface area contributed by atoms with Gasteiger partial charge in [-0.25, -0.2) is 0 Å². The van der Waals surface area contributed by atoms with E-state index >= 15 is 0 Å². The maximum Gasteiger partial charge on any atom is 0.0878 e. The number of benzene rings is 1. The van der Waals surface area contributed by atoms with Gasteiger partial charge in [0, 0.05) is 28.9 Å². The lowest BCUT2D eigenvalue weighted by molar-refractivity contribution is 0.366. The van der Waals surface area contributed by atoms with Crippen molar-refractivity contribution >= 4 is 35.0 Å². The Morgan fingerprint density at radius 3 is 2.90 bits per heavy atom. The van der Waals surface area contributed by atoms with Gasteiger partial charge in [0.25, 0.3) is 0 Å². The van der Waals surface area contributed by atoms with Crippen molar-refractivity contribution in [2.24, 2.45) is 0 Å². The van der Waals surface area contributed by atoms with Crippen molar-refractivity contribution in [3.63, 3.8) is 0 Å². The second-order valence-electron chi connectivity index (χ2n) is 4.81. The van der Waals surface area contributed by atoms with Crippen molar-refractivity contribution in [2.45, 2.75) is 31.6 Å². The first kappa shape index (κ1) is 15.9. The summed E-state index contributed by atoms with van der Waals surface area (Å²) in [6, 6.07) is 5.77. The van der Waals surface area contributed by atoms with Crippen LogP contribution in [0.2, 0.25) is 10.0 Å². The van der Waals surface area contributed by atoms with Gasteiger partial charge in [-0.05, 0) is 29.9 Å². The molecule has 0 bridgehead atoms. The molecule has 0 amide bonds. The van der Waals surface area contributed by atoms with Gasteiger partial charge in [0.15, 0.2) is 0 Å². The molecule has 0 spiro atoms. The molecule has 1 aliphatic heterocycles. The molecule has 0 fully saturated rings. The Hall–Kier alpha value is -0.510. The maximum atomic E-state index is 6.30. The van der Waals surface area contributed by atoms with E-state index in [1.165, 1.54) is 18.6 Å². The van der Waals surface area contributed by atoms with Gasteiger partial charge in [-0.2, -0.15) is 0 Å². The summed E-state index contributed by atoms with van der Waals surface area (Å²) in [6.45, 7) is 3.10. The first-order valence-electron chi connectivity index (χ1n) is 6.92. The fourth-order valence-electron chi connectivity index (χ4n) is 2.07. The van der Waals surface area contributed by atoms with Crippen LogP contribution in [0.25, 0.3) is 0 Å². The predicted molar refractivity (Wildman–Crippen MR) is 90.3 cm³/mol. The first-order chi connectivity index (χ1) is 9.70. The zero-order valence-corrected chi connectivity index (χ0v) is 13.9. The van der Waals surface area contributed by atoms with Gasteiger partial charge in [-0.1, -0.05) is 42.6 Å². The van der Waals surface area contributed by atoms with E-state index in [0.717, 1.165) is 23.7 Å². The van der Waals surface area contributed by atoms with E-state index in [0.29, 0.717) is 10.4 Å². The molecule has 1 N–H and O–H groups in total. The van der Waals surface area contributed by atoms with Crippen molar-refractivity contribution in [3.8, 4) is 0 Å². The van der Waals surface area contributed by atoms with Gasteiger partial charge in [-0.3, -0.25) is 0 Å². The second kappa shape index (κ2) is 8.06. The van der Waals surface area contributed by atoms with E-state index in [1.807, 2.05) is 36.2 Å². The average Bonchev–Trinajstić information content (AvgIpc) is 2.94. The third-order valence-corrected chi connectivity index (χ3v) is 5.18. The highest BCUT2D eigenvalue weighted by atomic mass is 35.5. The summed E-state index contributed by atoms with van der Waals surface area (Å²) in [4.78, 5) is 2.32. The van der Waals surface area contributed by atoms with Crippen LogP contribution < -0.4 is 5.32 Å². The zero-order chi connectivity index (χ0) is 14.4. The quantitative estimate of drug-likeness (QED) is 0.727. The summed E-state index contributed by atoms with van der Waals surface area (Å²) >= 11 is 14.3. The van der Waals surface area contributed by atoms with Crippen LogP contribution in [0.1, 0.15) is 25.3 Å². The summed E-state index contributed by atoms with van der Waals surface area (Å²) < 4.78 is 0. The monoisotopic (exact) mass is 330 g/mol. The highest BCUT2D eigenvalue weighted by Crippen LogP contribution is 2.28. The number of halogens is 2. The largest absolute Gasteiger partial charge is 0.373 e. The molecule has 0 radical (unpaired) electrons. The van der Waals surface area contributed by atoms with Crippen molar-refractivity contribution < 1.29 is 0 Å². The molecule has 1 aromatic rings. The SMILES string of the molecule is CCCCSC(Cc1ccc(Cl)cc1Cl)N1C=CNC1. The van der Waals surface area contributed by atoms with Crippen LogP contribution in [0, 0.1) is 0 Å². The molecule has 110 valence electrons. The Bertz CT molecular complexity index is 465. The van der Waals surface area contributed by atoms with Gasteiger partial charge in [-0.15, -0.1) is 11.8 Å². The summed E-state index contributed by atoms with van der Waals surface area (Å²) in [6.07, 6.45) is 7.52. The van der Waals surface area contributed by atoms with Gasteiger partial charge >= 0.3 is 0 Å². The number of thioether (sulfide) groups is 1. The van der Waals surface area contributed by atoms with Gasteiger partial charge in [0.2, 0.25) is 0 Å². The third kappa shape index (κ3) is 4.51. The van der Waals surface area contributed by atoms with Gasteiger partial charge < -0.3 is 10.2 Å². The Morgan fingerprint density at radius 1 is 1.40 bits per heavy atom. The molecule has 0 aromatic heterocycles. The summed E-state index contributed by atoms with van der Waals surface area (Å²) in [5.74, 6) is 1.18. The second-order valence-corrected chi connectivity index (χ2v) is 6.94. The van der Waals surface area contributed by atoms with E-state index < -0.39 is 0 Å². The van der Waals surface area contributed by atoms with E-state index in [4.69, 9.17) is 23.2 Å². The molecule has 20 heavy (non-hydrogen) atoms. The molecule has 1 aliphatic rings. The van der Waals surface area contributed by atoms with E-state index in [9.17, 15) is 0 Å². The Labute approximate surface area is 135 Å². The highest BCUT2D eigenvalue weighted by molar-refractivity contribution is 7.99. The fourth-order valence-corrected chi connectivity index (χ4v) is 3.91. The van der Waals surface area contributed by atoms with Gasteiger partial charge in [0.05, 0.1) is 12.0 Å². The molecule has 2 nitrogen and oxygen atoms in total. The molecule has 1 heterocycles. The van der Waals surface area contributed by atoms with Crippen LogP contribution in [0.15, 0.2) is 30.6 Å². The van der Waals surface area contributed by atoms with Crippen LogP contribution in [0.5, 0.6) is 0 Å². The molecule has 1 atom stereocenters. The minimum atomic E-state index is 0.409. The average molecular weight is 331 g/mol. The summed E-state index contributed by atoms with van der Waals surface area (Å²) in [7, 11) is 0. The first-order valence-corrected chi connectivity index (χ1v) is 8.72. The number of unbranched alkanes of at least 4 members (excludes halogenated alkanes) is 1. The molecule has 1 aromatic carbocycles. The topological polar surface area (TPSA) is 15.3 Å².